The number of nitrogens with zero attached hydrogens (tertiary/aromatic N) is 3. The molecule has 1 aliphatic heterocycles. The zero-order valence-corrected chi connectivity index (χ0v) is 16.4. The van der Waals surface area contributed by atoms with E-state index in [0.29, 0.717) is 11.2 Å². The van der Waals surface area contributed by atoms with Crippen LogP contribution in [0.15, 0.2) is 43.0 Å². The lowest BCUT2D eigenvalue weighted by atomic mass is 10.1. The number of fused-ring (bicyclic) bond motifs is 1. The van der Waals surface area contributed by atoms with Gasteiger partial charge in [-0.1, -0.05) is 30.4 Å². The molecule has 4 N–H and O–H groups in total. The highest BCUT2D eigenvalue weighted by Crippen LogP contribution is 2.44. The lowest BCUT2D eigenvalue weighted by Gasteiger charge is -2.18. The summed E-state index contributed by atoms with van der Waals surface area (Å²) in [6.07, 6.45) is -2.06. The van der Waals surface area contributed by atoms with Gasteiger partial charge < -0.3 is 24.5 Å². The summed E-state index contributed by atoms with van der Waals surface area (Å²) in [6, 6.07) is 7.99. The number of H-pyrrole nitrogens is 1. The van der Waals surface area contributed by atoms with E-state index in [9.17, 15) is 19.7 Å². The van der Waals surface area contributed by atoms with Crippen molar-refractivity contribution in [3.05, 3.63) is 47.6 Å². The molecule has 1 fully saturated rings. The van der Waals surface area contributed by atoms with Crippen LogP contribution in [0.2, 0.25) is 0 Å². The molecule has 0 saturated carbocycles. The minimum atomic E-state index is -4.46. The molecule has 1 aromatic carbocycles. The van der Waals surface area contributed by atoms with Crippen molar-refractivity contribution in [3.8, 4) is 5.75 Å². The van der Waals surface area contributed by atoms with Crippen molar-refractivity contribution in [1.82, 2.24) is 19.5 Å². The van der Waals surface area contributed by atoms with Crippen molar-refractivity contribution in [2.24, 2.45) is 0 Å². The van der Waals surface area contributed by atoms with Gasteiger partial charge in [0.15, 0.2) is 10.9 Å². The van der Waals surface area contributed by atoms with Gasteiger partial charge in [0.05, 0.1) is 19.3 Å². The van der Waals surface area contributed by atoms with Crippen LogP contribution in [0, 0.1) is 4.64 Å². The molecular weight excluding hydrogens is 423 g/mol. The van der Waals surface area contributed by atoms with Gasteiger partial charge in [-0.05, 0) is 12.1 Å². The first-order valence-electron chi connectivity index (χ1n) is 8.49. The van der Waals surface area contributed by atoms with E-state index >= 15 is 0 Å². The number of aromatic nitrogens is 4. The Balaban J connectivity index is 1.46. The third kappa shape index (κ3) is 4.09. The molecule has 2 aromatic heterocycles. The van der Waals surface area contributed by atoms with E-state index in [-0.39, 0.29) is 10.4 Å². The fourth-order valence-electron chi connectivity index (χ4n) is 2.97. The summed E-state index contributed by atoms with van der Waals surface area (Å²) in [5, 5.41) is 20.7. The first kappa shape index (κ1) is 20.1. The Hall–Kier alpha value is -2.18. The largest absolute Gasteiger partial charge is 0.527 e. The first-order valence-corrected chi connectivity index (χ1v) is 10.4. The van der Waals surface area contributed by atoms with Gasteiger partial charge in [-0.15, -0.1) is 0 Å². The van der Waals surface area contributed by atoms with Crippen molar-refractivity contribution >= 4 is 31.2 Å². The van der Waals surface area contributed by atoms with E-state index in [0.717, 1.165) is 0 Å². The number of aromatic amines is 1. The number of phosphoric acid groups is 1. The number of phosphoric ester groups is 1. The predicted molar refractivity (Wildman–Crippen MR) is 101 cm³/mol. The number of ether oxygens (including phenoxy) is 1. The molecule has 0 spiro atoms. The van der Waals surface area contributed by atoms with Gasteiger partial charge in [-0.25, -0.2) is 14.5 Å². The Morgan fingerprint density at radius 3 is 2.76 bits per heavy atom. The van der Waals surface area contributed by atoms with E-state index in [1.54, 1.807) is 18.2 Å². The van der Waals surface area contributed by atoms with Crippen LogP contribution in [0.5, 0.6) is 5.75 Å². The Kier molecular flexibility index (Phi) is 5.49. The Labute approximate surface area is 169 Å². The van der Waals surface area contributed by atoms with Crippen molar-refractivity contribution in [3.63, 3.8) is 0 Å². The second-order valence-corrected chi connectivity index (χ2v) is 8.04. The molecule has 0 amide bonds. The van der Waals surface area contributed by atoms with Crippen LogP contribution < -0.4 is 4.52 Å². The van der Waals surface area contributed by atoms with Crippen molar-refractivity contribution in [1.29, 1.82) is 0 Å². The zero-order chi connectivity index (χ0) is 20.6. The summed E-state index contributed by atoms with van der Waals surface area (Å²) in [6.45, 7) is -0.487. The fourth-order valence-corrected chi connectivity index (χ4v) is 3.95. The molecule has 1 aliphatic rings. The third-order valence-corrected chi connectivity index (χ3v) is 5.57. The monoisotopic (exact) mass is 440 g/mol. The van der Waals surface area contributed by atoms with E-state index in [2.05, 4.69) is 15.0 Å². The molecule has 4 rings (SSSR count). The molecule has 3 heterocycles. The average molecular weight is 440 g/mol. The molecule has 1 saturated heterocycles. The van der Waals surface area contributed by atoms with Gasteiger partial charge in [0.1, 0.15) is 35.2 Å². The summed E-state index contributed by atoms with van der Waals surface area (Å²) in [5.74, 6) is 0.151. The Morgan fingerprint density at radius 2 is 2.00 bits per heavy atom. The molecule has 0 aliphatic carbocycles. The van der Waals surface area contributed by atoms with Gasteiger partial charge in [0, 0.05) is 0 Å². The normalized spacial score (nSPS) is 26.4. The second kappa shape index (κ2) is 7.92. The quantitative estimate of drug-likeness (QED) is 0.326. The molecule has 3 aromatic rings. The van der Waals surface area contributed by atoms with Crippen LogP contribution in [0.4, 0.5) is 0 Å². The van der Waals surface area contributed by atoms with E-state index in [1.165, 1.54) is 29.4 Å². The molecule has 11 nitrogen and oxygen atoms in total. The zero-order valence-electron chi connectivity index (χ0n) is 14.7. The minimum Gasteiger partial charge on any atom is -0.404 e. The second-order valence-electron chi connectivity index (χ2n) is 6.27. The summed E-state index contributed by atoms with van der Waals surface area (Å²) in [4.78, 5) is 20.8. The molecule has 5 unspecified atom stereocenters. The number of benzene rings is 1. The van der Waals surface area contributed by atoms with Crippen LogP contribution in [0.1, 0.15) is 6.23 Å². The number of aliphatic hydroxyl groups is 2. The predicted octanol–water partition coefficient (Wildman–Crippen LogP) is 1.30. The molecule has 0 radical (unpaired) electrons. The summed E-state index contributed by atoms with van der Waals surface area (Å²) in [5.41, 5.74) is 0.853. The highest BCUT2D eigenvalue weighted by atomic mass is 32.1. The maximum absolute atomic E-state index is 12.1. The van der Waals surface area contributed by atoms with E-state index in [4.69, 9.17) is 26.0 Å². The maximum atomic E-state index is 12.1. The lowest BCUT2D eigenvalue weighted by Crippen LogP contribution is -2.33. The number of hydrogen-bond acceptors (Lipinski definition) is 9. The van der Waals surface area contributed by atoms with Gasteiger partial charge in [-0.2, -0.15) is 0 Å². The molecular formula is C16H17N4O7PS. The fraction of sp³-hybridized carbons (Fsp3) is 0.312. The van der Waals surface area contributed by atoms with Gasteiger partial charge in [0.25, 0.3) is 0 Å². The van der Waals surface area contributed by atoms with E-state index in [1.807, 2.05) is 0 Å². The highest BCUT2D eigenvalue weighted by Gasteiger charge is 2.45. The summed E-state index contributed by atoms with van der Waals surface area (Å²) in [7, 11) is -4.46. The number of imidazole rings is 1. The standard InChI is InChI=1S/C16H17N4O7PS/c21-12-10(6-25-28(23,24)27-9-4-2-1-3-5-9)26-16(13(12)22)20-8-19-11-14(20)17-7-18-15(11)29/h1-5,7-8,10,12-13,16,21-22H,6H2,(H,23,24)(H,17,18,29). The van der Waals surface area contributed by atoms with Crippen molar-refractivity contribution < 1.29 is 33.5 Å². The molecule has 0 bridgehead atoms. The Morgan fingerprint density at radius 1 is 1.24 bits per heavy atom. The van der Waals surface area contributed by atoms with Gasteiger partial charge in [0.2, 0.25) is 0 Å². The number of aliphatic hydroxyl groups excluding tert-OH is 2. The van der Waals surface area contributed by atoms with Crippen LogP contribution >= 0.6 is 20.0 Å². The van der Waals surface area contributed by atoms with Crippen LogP contribution in [-0.4, -0.2) is 59.5 Å². The highest BCUT2D eigenvalue weighted by molar-refractivity contribution is 7.71. The molecule has 13 heteroatoms. The summed E-state index contributed by atoms with van der Waals surface area (Å²) < 4.78 is 29.4. The number of para-hydroxylation sites is 1. The summed E-state index contributed by atoms with van der Waals surface area (Å²) >= 11 is 5.10. The third-order valence-electron chi connectivity index (χ3n) is 4.36. The molecule has 5 atom stereocenters. The first-order chi connectivity index (χ1) is 13.9. The Bertz CT molecular complexity index is 1110. The maximum Gasteiger partial charge on any atom is 0.527 e. The van der Waals surface area contributed by atoms with Gasteiger partial charge >= 0.3 is 7.82 Å². The van der Waals surface area contributed by atoms with Crippen molar-refractivity contribution in [2.75, 3.05) is 6.61 Å². The number of hydrogen-bond donors (Lipinski definition) is 4. The van der Waals surface area contributed by atoms with Crippen LogP contribution in [0.3, 0.4) is 0 Å². The number of rotatable bonds is 6. The van der Waals surface area contributed by atoms with Crippen molar-refractivity contribution in [2.45, 2.75) is 24.5 Å². The number of nitrogens with one attached hydrogen (secondary N) is 1. The molecule has 154 valence electrons. The van der Waals surface area contributed by atoms with Crippen LogP contribution in [-0.2, 0) is 13.8 Å². The van der Waals surface area contributed by atoms with Gasteiger partial charge in [-0.3, -0.25) is 14.0 Å². The SMILES string of the molecule is O=P(O)(OCC1OC(n2cnc3c(=S)nc[nH]c32)C(O)C1O)Oc1ccccc1. The lowest BCUT2D eigenvalue weighted by molar-refractivity contribution is -0.0501. The van der Waals surface area contributed by atoms with E-state index < -0.39 is 39.0 Å². The smallest absolute Gasteiger partial charge is 0.404 e. The molecule has 29 heavy (non-hydrogen) atoms. The van der Waals surface area contributed by atoms with Crippen LogP contribution in [0.25, 0.3) is 11.2 Å². The average Bonchev–Trinajstić information content (AvgIpc) is 3.24. The minimum absolute atomic E-state index is 0.151. The topological polar surface area (TPSA) is 152 Å².